The van der Waals surface area contributed by atoms with E-state index in [1.54, 1.807) is 6.07 Å². The minimum atomic E-state index is -0.759. The lowest BCUT2D eigenvalue weighted by Gasteiger charge is -2.17. The monoisotopic (exact) mass is 260 g/mol. The summed E-state index contributed by atoms with van der Waals surface area (Å²) in [6.45, 7) is 5.11. The molecular weight excluding hydrogens is 247 g/mol. The number of aromatic nitrogens is 3. The Morgan fingerprint density at radius 1 is 1.42 bits per heavy atom. The van der Waals surface area contributed by atoms with Gasteiger partial charge in [-0.05, 0) is 25.5 Å². The SMILES string of the molecule is Cc1c(-c2ccnc(F)n2)c(C)n2c1C(=O)NCC2. The maximum absolute atomic E-state index is 13.2. The highest BCUT2D eigenvalue weighted by Gasteiger charge is 2.26. The van der Waals surface area contributed by atoms with E-state index in [9.17, 15) is 9.18 Å². The van der Waals surface area contributed by atoms with E-state index in [4.69, 9.17) is 0 Å². The van der Waals surface area contributed by atoms with E-state index < -0.39 is 6.08 Å². The Labute approximate surface area is 109 Å². The Bertz CT molecular complexity index is 678. The molecule has 0 saturated heterocycles. The average Bonchev–Trinajstić information content (AvgIpc) is 2.63. The molecule has 6 heteroatoms. The lowest BCUT2D eigenvalue weighted by molar-refractivity contribution is 0.0926. The zero-order valence-corrected chi connectivity index (χ0v) is 10.7. The molecule has 2 aromatic heterocycles. The third-order valence-corrected chi connectivity index (χ3v) is 3.49. The van der Waals surface area contributed by atoms with E-state index in [-0.39, 0.29) is 5.91 Å². The van der Waals surface area contributed by atoms with Crippen molar-refractivity contribution in [2.45, 2.75) is 20.4 Å². The fourth-order valence-electron chi connectivity index (χ4n) is 2.68. The first kappa shape index (κ1) is 11.8. The molecule has 0 bridgehead atoms. The number of carbonyl (C=O) groups is 1. The largest absolute Gasteiger partial charge is 0.349 e. The van der Waals surface area contributed by atoms with Crippen molar-refractivity contribution in [3.05, 3.63) is 35.3 Å². The molecule has 0 unspecified atom stereocenters. The number of hydrogen-bond acceptors (Lipinski definition) is 3. The maximum Gasteiger partial charge on any atom is 0.309 e. The first-order valence-corrected chi connectivity index (χ1v) is 6.06. The van der Waals surface area contributed by atoms with Gasteiger partial charge < -0.3 is 9.88 Å². The van der Waals surface area contributed by atoms with Crippen LogP contribution in [0.2, 0.25) is 0 Å². The van der Waals surface area contributed by atoms with Gasteiger partial charge in [0, 0.05) is 30.5 Å². The van der Waals surface area contributed by atoms with Crippen molar-refractivity contribution in [1.82, 2.24) is 19.9 Å². The third-order valence-electron chi connectivity index (χ3n) is 3.49. The van der Waals surface area contributed by atoms with Crippen molar-refractivity contribution in [1.29, 1.82) is 0 Å². The van der Waals surface area contributed by atoms with Crippen LogP contribution in [0.3, 0.4) is 0 Å². The number of rotatable bonds is 1. The summed E-state index contributed by atoms with van der Waals surface area (Å²) in [5, 5.41) is 2.82. The van der Waals surface area contributed by atoms with Crippen molar-refractivity contribution in [3.63, 3.8) is 0 Å². The van der Waals surface area contributed by atoms with Crippen LogP contribution in [-0.4, -0.2) is 27.0 Å². The first-order valence-electron chi connectivity index (χ1n) is 6.06. The Kier molecular flexibility index (Phi) is 2.58. The standard InChI is InChI=1S/C13H13FN4O/c1-7-10(9-3-4-16-13(14)17-9)8(2)18-6-5-15-12(19)11(7)18/h3-4H,5-6H2,1-2H3,(H,15,19). The predicted molar refractivity (Wildman–Crippen MR) is 67.2 cm³/mol. The molecule has 1 aliphatic rings. The number of amides is 1. The normalized spacial score (nSPS) is 14.2. The van der Waals surface area contributed by atoms with Crippen LogP contribution in [0.15, 0.2) is 12.3 Å². The fourth-order valence-corrected chi connectivity index (χ4v) is 2.68. The average molecular weight is 260 g/mol. The summed E-state index contributed by atoms with van der Waals surface area (Å²) in [5.41, 5.74) is 3.72. The highest BCUT2D eigenvalue weighted by molar-refractivity contribution is 5.97. The summed E-state index contributed by atoms with van der Waals surface area (Å²) in [4.78, 5) is 19.2. The molecule has 3 rings (SSSR count). The molecule has 1 aliphatic heterocycles. The van der Waals surface area contributed by atoms with E-state index >= 15 is 0 Å². The van der Waals surface area contributed by atoms with Crippen molar-refractivity contribution in [3.8, 4) is 11.3 Å². The topological polar surface area (TPSA) is 59.8 Å². The van der Waals surface area contributed by atoms with Gasteiger partial charge in [0.2, 0.25) is 0 Å². The van der Waals surface area contributed by atoms with Gasteiger partial charge in [0.05, 0.1) is 5.69 Å². The molecule has 1 amide bonds. The van der Waals surface area contributed by atoms with Crippen LogP contribution in [0, 0.1) is 19.9 Å². The maximum atomic E-state index is 13.2. The molecule has 0 aliphatic carbocycles. The fraction of sp³-hybridized carbons (Fsp3) is 0.308. The second kappa shape index (κ2) is 4.15. The quantitative estimate of drug-likeness (QED) is 0.789. The van der Waals surface area contributed by atoms with E-state index in [1.807, 2.05) is 18.4 Å². The number of carbonyl (C=O) groups excluding carboxylic acids is 1. The van der Waals surface area contributed by atoms with Gasteiger partial charge in [-0.2, -0.15) is 4.39 Å². The highest BCUT2D eigenvalue weighted by Crippen LogP contribution is 2.31. The zero-order chi connectivity index (χ0) is 13.6. The summed E-state index contributed by atoms with van der Waals surface area (Å²) in [6, 6.07) is 1.66. The number of nitrogens with zero attached hydrogens (tertiary/aromatic N) is 3. The molecular formula is C13H13FN4O. The van der Waals surface area contributed by atoms with Gasteiger partial charge >= 0.3 is 6.08 Å². The van der Waals surface area contributed by atoms with Crippen LogP contribution < -0.4 is 5.32 Å². The summed E-state index contributed by atoms with van der Waals surface area (Å²) in [5.74, 6) is -0.0902. The van der Waals surface area contributed by atoms with E-state index in [0.29, 0.717) is 17.9 Å². The third kappa shape index (κ3) is 1.71. The van der Waals surface area contributed by atoms with Gasteiger partial charge in [-0.3, -0.25) is 4.79 Å². The van der Waals surface area contributed by atoms with Crippen molar-refractivity contribution >= 4 is 5.91 Å². The summed E-state index contributed by atoms with van der Waals surface area (Å²) in [6.07, 6.45) is 0.623. The van der Waals surface area contributed by atoms with Crippen molar-refractivity contribution in [2.75, 3.05) is 6.54 Å². The molecule has 0 fully saturated rings. The molecule has 0 radical (unpaired) electrons. The molecule has 0 saturated carbocycles. The van der Waals surface area contributed by atoms with Crippen LogP contribution in [0.4, 0.5) is 4.39 Å². The van der Waals surface area contributed by atoms with Gasteiger partial charge in [0.15, 0.2) is 0 Å². The zero-order valence-electron chi connectivity index (χ0n) is 10.7. The Balaban J connectivity index is 2.26. The number of fused-ring (bicyclic) bond motifs is 1. The molecule has 2 aromatic rings. The van der Waals surface area contributed by atoms with Gasteiger partial charge in [-0.15, -0.1) is 0 Å². The van der Waals surface area contributed by atoms with Crippen molar-refractivity contribution < 1.29 is 9.18 Å². The Morgan fingerprint density at radius 2 is 2.21 bits per heavy atom. The van der Waals surface area contributed by atoms with E-state index in [1.165, 1.54) is 6.20 Å². The predicted octanol–water partition coefficient (Wildman–Crippen LogP) is 1.44. The molecule has 5 nitrogen and oxygen atoms in total. The van der Waals surface area contributed by atoms with Crippen LogP contribution >= 0.6 is 0 Å². The number of halogens is 1. The Morgan fingerprint density at radius 3 is 2.89 bits per heavy atom. The molecule has 0 atom stereocenters. The minimum Gasteiger partial charge on any atom is -0.349 e. The molecule has 19 heavy (non-hydrogen) atoms. The van der Waals surface area contributed by atoms with Crippen LogP contribution in [0.25, 0.3) is 11.3 Å². The summed E-state index contributed by atoms with van der Waals surface area (Å²) in [7, 11) is 0. The molecule has 0 spiro atoms. The van der Waals surface area contributed by atoms with Crippen LogP contribution in [0.1, 0.15) is 21.7 Å². The summed E-state index contributed by atoms with van der Waals surface area (Å²) >= 11 is 0. The summed E-state index contributed by atoms with van der Waals surface area (Å²) < 4.78 is 15.1. The highest BCUT2D eigenvalue weighted by atomic mass is 19.1. The second-order valence-corrected chi connectivity index (χ2v) is 4.55. The molecule has 0 aromatic carbocycles. The van der Waals surface area contributed by atoms with Gasteiger partial charge in [-0.25, -0.2) is 9.97 Å². The van der Waals surface area contributed by atoms with E-state index in [2.05, 4.69) is 15.3 Å². The van der Waals surface area contributed by atoms with Gasteiger partial charge in [-0.1, -0.05) is 0 Å². The molecule has 3 heterocycles. The minimum absolute atomic E-state index is 0.0902. The molecule has 1 N–H and O–H groups in total. The van der Waals surface area contributed by atoms with Gasteiger partial charge in [0.1, 0.15) is 5.69 Å². The molecule has 98 valence electrons. The van der Waals surface area contributed by atoms with Crippen LogP contribution in [-0.2, 0) is 6.54 Å². The van der Waals surface area contributed by atoms with E-state index in [0.717, 1.165) is 23.4 Å². The van der Waals surface area contributed by atoms with Gasteiger partial charge in [0.25, 0.3) is 5.91 Å². The lowest BCUT2D eigenvalue weighted by Crippen LogP contribution is -2.35. The lowest BCUT2D eigenvalue weighted by atomic mass is 10.1. The second-order valence-electron chi connectivity index (χ2n) is 4.55. The number of nitrogens with one attached hydrogen (secondary N) is 1. The smallest absolute Gasteiger partial charge is 0.309 e. The number of hydrogen-bond donors (Lipinski definition) is 1. The first-order chi connectivity index (χ1) is 9.09. The Hall–Kier alpha value is -2.24. The van der Waals surface area contributed by atoms with Crippen molar-refractivity contribution in [2.24, 2.45) is 0 Å². The van der Waals surface area contributed by atoms with Crippen LogP contribution in [0.5, 0.6) is 0 Å².